The van der Waals surface area contributed by atoms with Crippen LogP contribution in [0.25, 0.3) is 0 Å². The predicted molar refractivity (Wildman–Crippen MR) is 115 cm³/mol. The molecule has 31 heavy (non-hydrogen) atoms. The Morgan fingerprint density at radius 3 is 2.26 bits per heavy atom. The van der Waals surface area contributed by atoms with E-state index in [1.165, 1.54) is 33.2 Å². The number of carbonyl (C=O) groups is 3. The number of nitrogens with zero attached hydrogens (tertiary/aromatic N) is 2. The quantitative estimate of drug-likeness (QED) is 0.595. The second-order valence-electron chi connectivity index (χ2n) is 7.83. The van der Waals surface area contributed by atoms with Crippen molar-refractivity contribution in [1.29, 1.82) is 0 Å². The second-order valence-corrected chi connectivity index (χ2v) is 9.98. The van der Waals surface area contributed by atoms with Gasteiger partial charge >= 0.3 is 12.0 Å². The number of sulfonamides is 1. The van der Waals surface area contributed by atoms with E-state index in [0.717, 1.165) is 30.2 Å². The molecule has 1 aliphatic heterocycles. The van der Waals surface area contributed by atoms with E-state index in [2.05, 4.69) is 10.6 Å². The number of ether oxygens (including phenoxy) is 1. The van der Waals surface area contributed by atoms with Gasteiger partial charge in [-0.3, -0.25) is 10.1 Å². The van der Waals surface area contributed by atoms with E-state index >= 15 is 0 Å². The minimum Gasteiger partial charge on any atom is -0.449 e. The third kappa shape index (κ3) is 6.17. The zero-order valence-corrected chi connectivity index (χ0v) is 19.3. The summed E-state index contributed by atoms with van der Waals surface area (Å²) in [6.45, 7) is 6.27. The summed E-state index contributed by atoms with van der Waals surface area (Å²) in [7, 11) is -0.972. The summed E-state index contributed by atoms with van der Waals surface area (Å²) in [5, 5.41) is 4.61. The number of anilines is 1. The fraction of sp³-hybridized carbons (Fsp3) is 0.550. The molecule has 1 aliphatic rings. The van der Waals surface area contributed by atoms with Crippen LogP contribution in [0.15, 0.2) is 23.1 Å². The lowest BCUT2D eigenvalue weighted by Gasteiger charge is -2.23. The third-order valence-electron chi connectivity index (χ3n) is 4.72. The molecule has 0 aromatic heterocycles. The fourth-order valence-electron chi connectivity index (χ4n) is 3.07. The molecule has 1 heterocycles. The SMILES string of the molecule is CC(C)NC(=O)NC(=O)C(C)OC(=O)c1cc(S(=O)(=O)N(C)C)ccc1N1CCCC1. The van der Waals surface area contributed by atoms with Gasteiger partial charge in [0.2, 0.25) is 10.0 Å². The van der Waals surface area contributed by atoms with Crippen molar-refractivity contribution in [3.63, 3.8) is 0 Å². The Hall–Kier alpha value is -2.66. The molecule has 1 saturated heterocycles. The van der Waals surface area contributed by atoms with Crippen LogP contribution in [0.5, 0.6) is 0 Å². The first-order chi connectivity index (χ1) is 14.4. The van der Waals surface area contributed by atoms with E-state index in [0.29, 0.717) is 5.69 Å². The molecule has 1 atom stereocenters. The summed E-state index contributed by atoms with van der Waals surface area (Å²) in [6, 6.07) is 3.43. The molecule has 2 rings (SSSR count). The van der Waals surface area contributed by atoms with Crippen molar-refractivity contribution >= 4 is 33.6 Å². The Balaban J connectivity index is 2.28. The van der Waals surface area contributed by atoms with Gasteiger partial charge in [0.1, 0.15) is 0 Å². The number of nitrogens with one attached hydrogen (secondary N) is 2. The van der Waals surface area contributed by atoms with E-state index in [1.807, 2.05) is 4.90 Å². The van der Waals surface area contributed by atoms with Gasteiger partial charge in [-0.1, -0.05) is 0 Å². The molecule has 0 aliphatic carbocycles. The molecule has 3 amide bonds. The third-order valence-corrected chi connectivity index (χ3v) is 6.53. The van der Waals surface area contributed by atoms with Crippen LogP contribution in [0, 0.1) is 0 Å². The molecule has 0 bridgehead atoms. The Morgan fingerprint density at radius 2 is 1.71 bits per heavy atom. The Kier molecular flexibility index (Phi) is 8.02. The van der Waals surface area contributed by atoms with Crippen LogP contribution in [-0.4, -0.2) is 70.0 Å². The maximum atomic E-state index is 12.9. The average Bonchev–Trinajstić information content (AvgIpc) is 3.21. The molecular weight excluding hydrogens is 424 g/mol. The first-order valence-corrected chi connectivity index (χ1v) is 11.5. The second kappa shape index (κ2) is 10.1. The lowest BCUT2D eigenvalue weighted by molar-refractivity contribution is -0.127. The highest BCUT2D eigenvalue weighted by Gasteiger charge is 2.28. The van der Waals surface area contributed by atoms with E-state index in [-0.39, 0.29) is 16.5 Å². The van der Waals surface area contributed by atoms with Crippen molar-refractivity contribution in [2.45, 2.75) is 50.7 Å². The van der Waals surface area contributed by atoms with Crippen LogP contribution < -0.4 is 15.5 Å². The van der Waals surface area contributed by atoms with Gasteiger partial charge in [-0.2, -0.15) is 0 Å². The number of carbonyl (C=O) groups excluding carboxylic acids is 3. The van der Waals surface area contributed by atoms with Gasteiger partial charge in [0.25, 0.3) is 5.91 Å². The standard InChI is InChI=1S/C20H30N4O6S/c1-13(2)21-20(27)22-18(25)14(3)30-19(26)16-12-15(31(28,29)23(4)5)8-9-17(16)24-10-6-7-11-24/h8-9,12-14H,6-7,10-11H2,1-5H3,(H2,21,22,25,27). The van der Waals surface area contributed by atoms with Gasteiger partial charge in [0.15, 0.2) is 6.10 Å². The fourth-order valence-corrected chi connectivity index (χ4v) is 4.00. The highest BCUT2D eigenvalue weighted by Crippen LogP contribution is 2.29. The number of imide groups is 1. The van der Waals surface area contributed by atoms with Gasteiger partial charge in [-0.15, -0.1) is 0 Å². The molecule has 0 spiro atoms. The monoisotopic (exact) mass is 454 g/mol. The molecule has 172 valence electrons. The molecular formula is C20H30N4O6S. The summed E-state index contributed by atoms with van der Waals surface area (Å²) >= 11 is 0. The van der Waals surface area contributed by atoms with Gasteiger partial charge in [-0.25, -0.2) is 22.3 Å². The zero-order valence-electron chi connectivity index (χ0n) is 18.5. The Labute approximate surface area is 183 Å². The molecule has 1 aromatic carbocycles. The Morgan fingerprint density at radius 1 is 1.10 bits per heavy atom. The van der Waals surface area contributed by atoms with Crippen LogP contribution in [0.3, 0.4) is 0 Å². The number of esters is 1. The Bertz CT molecular complexity index is 939. The number of urea groups is 1. The summed E-state index contributed by atoms with van der Waals surface area (Å²) in [5.41, 5.74) is 0.599. The lowest BCUT2D eigenvalue weighted by atomic mass is 10.1. The van der Waals surface area contributed by atoms with Gasteiger partial charge in [0, 0.05) is 33.2 Å². The van der Waals surface area contributed by atoms with Gasteiger partial charge < -0.3 is 15.0 Å². The molecule has 0 radical (unpaired) electrons. The summed E-state index contributed by atoms with van der Waals surface area (Å²) in [6.07, 6.45) is 0.650. The van der Waals surface area contributed by atoms with Crippen LogP contribution >= 0.6 is 0 Å². The van der Waals surface area contributed by atoms with Crippen molar-refractivity contribution in [1.82, 2.24) is 14.9 Å². The van der Waals surface area contributed by atoms with Crippen molar-refractivity contribution in [3.05, 3.63) is 23.8 Å². The maximum Gasteiger partial charge on any atom is 0.341 e. The maximum absolute atomic E-state index is 12.9. The minimum absolute atomic E-state index is 0.0520. The number of hydrogen-bond donors (Lipinski definition) is 2. The number of benzene rings is 1. The van der Waals surface area contributed by atoms with Crippen molar-refractivity contribution < 1.29 is 27.5 Å². The van der Waals surface area contributed by atoms with E-state index in [9.17, 15) is 22.8 Å². The number of hydrogen-bond acceptors (Lipinski definition) is 7. The highest BCUT2D eigenvalue weighted by molar-refractivity contribution is 7.89. The first kappa shape index (κ1) is 24.6. The van der Waals surface area contributed by atoms with Gasteiger partial charge in [-0.05, 0) is 51.8 Å². The van der Waals surface area contributed by atoms with Gasteiger partial charge in [0.05, 0.1) is 16.1 Å². The summed E-state index contributed by atoms with van der Waals surface area (Å²) < 4.78 is 31.4. The highest BCUT2D eigenvalue weighted by atomic mass is 32.2. The van der Waals surface area contributed by atoms with E-state index in [1.54, 1.807) is 19.9 Å². The predicted octanol–water partition coefficient (Wildman–Crippen LogP) is 1.32. The molecule has 11 heteroatoms. The molecule has 1 fully saturated rings. The summed E-state index contributed by atoms with van der Waals surface area (Å²) in [4.78, 5) is 38.7. The number of amides is 3. The van der Waals surface area contributed by atoms with Crippen molar-refractivity contribution in [2.24, 2.45) is 0 Å². The number of rotatable bonds is 7. The van der Waals surface area contributed by atoms with Crippen LogP contribution in [0.4, 0.5) is 10.5 Å². The molecule has 10 nitrogen and oxygen atoms in total. The largest absolute Gasteiger partial charge is 0.449 e. The van der Waals surface area contributed by atoms with Crippen molar-refractivity contribution in [3.8, 4) is 0 Å². The van der Waals surface area contributed by atoms with Crippen LogP contribution in [0.2, 0.25) is 0 Å². The topological polar surface area (TPSA) is 125 Å². The van der Waals surface area contributed by atoms with Crippen LogP contribution in [-0.2, 0) is 19.6 Å². The van der Waals surface area contributed by atoms with E-state index in [4.69, 9.17) is 4.74 Å². The molecule has 2 N–H and O–H groups in total. The first-order valence-electron chi connectivity index (χ1n) is 10.1. The average molecular weight is 455 g/mol. The van der Waals surface area contributed by atoms with E-state index < -0.39 is 34.0 Å². The minimum atomic E-state index is -3.77. The normalized spacial score (nSPS) is 15.1. The lowest BCUT2D eigenvalue weighted by Crippen LogP contribution is -2.46. The molecule has 1 unspecified atom stereocenters. The summed E-state index contributed by atoms with van der Waals surface area (Å²) in [5.74, 6) is -1.63. The zero-order chi connectivity index (χ0) is 23.3. The molecule has 1 aromatic rings. The smallest absolute Gasteiger partial charge is 0.341 e. The van der Waals surface area contributed by atoms with Crippen LogP contribution in [0.1, 0.15) is 44.0 Å². The molecule has 0 saturated carbocycles. The van der Waals surface area contributed by atoms with Crippen molar-refractivity contribution in [2.75, 3.05) is 32.1 Å².